The predicted octanol–water partition coefficient (Wildman–Crippen LogP) is 0.219. The monoisotopic (exact) mass is 200 g/mol. The van der Waals surface area contributed by atoms with E-state index in [1.807, 2.05) is 13.8 Å². The standard InChI is InChI=1S/C10H20N2O2/c1-10(2,9(13)14-3)7-12-5-4-8(11)6-12/h8H,4-7,11H2,1-3H3/t8-/m0/s1. The molecule has 0 amide bonds. The first-order valence-corrected chi connectivity index (χ1v) is 5.02. The molecule has 1 atom stereocenters. The Labute approximate surface area is 85.4 Å². The van der Waals surface area contributed by atoms with Crippen molar-refractivity contribution in [2.45, 2.75) is 26.3 Å². The number of rotatable bonds is 3. The third-order valence-corrected chi connectivity index (χ3v) is 2.67. The van der Waals surface area contributed by atoms with Crippen molar-refractivity contribution >= 4 is 5.97 Å². The van der Waals surface area contributed by atoms with Gasteiger partial charge in [0.05, 0.1) is 12.5 Å². The van der Waals surface area contributed by atoms with Crippen LogP contribution in [0.4, 0.5) is 0 Å². The Bertz CT molecular complexity index is 216. The highest BCUT2D eigenvalue weighted by atomic mass is 16.5. The van der Waals surface area contributed by atoms with Crippen LogP contribution in [0.2, 0.25) is 0 Å². The SMILES string of the molecule is COC(=O)C(C)(C)CN1CC[C@H](N)C1. The molecule has 0 saturated carbocycles. The molecule has 4 nitrogen and oxygen atoms in total. The van der Waals surface area contributed by atoms with E-state index in [1.165, 1.54) is 7.11 Å². The molecule has 1 fully saturated rings. The van der Waals surface area contributed by atoms with Crippen LogP contribution in [0.1, 0.15) is 20.3 Å². The number of nitrogens with zero attached hydrogens (tertiary/aromatic N) is 1. The lowest BCUT2D eigenvalue weighted by molar-refractivity contribution is -0.151. The molecule has 1 saturated heterocycles. The third kappa shape index (κ3) is 2.69. The average Bonchev–Trinajstić information content (AvgIpc) is 2.48. The van der Waals surface area contributed by atoms with Gasteiger partial charge < -0.3 is 15.4 Å². The number of nitrogens with two attached hydrogens (primary N) is 1. The summed E-state index contributed by atoms with van der Waals surface area (Å²) in [4.78, 5) is 13.6. The zero-order valence-corrected chi connectivity index (χ0v) is 9.25. The minimum Gasteiger partial charge on any atom is -0.469 e. The fraction of sp³-hybridized carbons (Fsp3) is 0.900. The van der Waals surface area contributed by atoms with Crippen LogP contribution in [-0.2, 0) is 9.53 Å². The lowest BCUT2D eigenvalue weighted by Crippen LogP contribution is -2.39. The summed E-state index contributed by atoms with van der Waals surface area (Å²) in [7, 11) is 1.43. The summed E-state index contributed by atoms with van der Waals surface area (Å²) in [6, 6.07) is 0.267. The zero-order valence-electron chi connectivity index (χ0n) is 9.25. The molecule has 1 rings (SSSR count). The number of hydrogen-bond acceptors (Lipinski definition) is 4. The van der Waals surface area contributed by atoms with Crippen molar-refractivity contribution in [3.63, 3.8) is 0 Å². The van der Waals surface area contributed by atoms with Crippen LogP contribution >= 0.6 is 0 Å². The highest BCUT2D eigenvalue weighted by Crippen LogP contribution is 2.21. The quantitative estimate of drug-likeness (QED) is 0.662. The van der Waals surface area contributed by atoms with Gasteiger partial charge in [-0.1, -0.05) is 0 Å². The summed E-state index contributed by atoms with van der Waals surface area (Å²) in [6.07, 6.45) is 1.03. The molecule has 1 heterocycles. The van der Waals surface area contributed by atoms with Gasteiger partial charge in [-0.3, -0.25) is 4.79 Å². The predicted molar refractivity (Wildman–Crippen MR) is 54.8 cm³/mol. The van der Waals surface area contributed by atoms with Crippen LogP contribution in [0.25, 0.3) is 0 Å². The number of carbonyl (C=O) groups is 1. The van der Waals surface area contributed by atoms with Gasteiger partial charge in [-0.05, 0) is 26.8 Å². The number of carbonyl (C=O) groups excluding carboxylic acids is 1. The maximum Gasteiger partial charge on any atom is 0.312 e. The Hall–Kier alpha value is -0.610. The van der Waals surface area contributed by atoms with E-state index < -0.39 is 5.41 Å². The lowest BCUT2D eigenvalue weighted by Gasteiger charge is -2.27. The molecule has 0 radical (unpaired) electrons. The maximum atomic E-state index is 11.4. The van der Waals surface area contributed by atoms with Crippen LogP contribution in [0.3, 0.4) is 0 Å². The van der Waals surface area contributed by atoms with Gasteiger partial charge in [0.15, 0.2) is 0 Å². The van der Waals surface area contributed by atoms with E-state index in [0.29, 0.717) is 0 Å². The molecule has 0 bridgehead atoms. The average molecular weight is 200 g/mol. The van der Waals surface area contributed by atoms with Gasteiger partial charge in [-0.2, -0.15) is 0 Å². The van der Waals surface area contributed by atoms with Crippen molar-refractivity contribution < 1.29 is 9.53 Å². The van der Waals surface area contributed by atoms with E-state index in [4.69, 9.17) is 10.5 Å². The van der Waals surface area contributed by atoms with Crippen molar-refractivity contribution in [2.24, 2.45) is 11.1 Å². The second-order valence-corrected chi connectivity index (χ2v) is 4.66. The zero-order chi connectivity index (χ0) is 10.8. The molecule has 0 unspecified atom stereocenters. The molecular weight excluding hydrogens is 180 g/mol. The highest BCUT2D eigenvalue weighted by Gasteiger charge is 2.33. The Morgan fingerprint density at radius 1 is 1.64 bits per heavy atom. The van der Waals surface area contributed by atoms with Crippen LogP contribution in [0, 0.1) is 5.41 Å². The van der Waals surface area contributed by atoms with Gasteiger partial charge in [-0.15, -0.1) is 0 Å². The van der Waals surface area contributed by atoms with Crippen molar-refractivity contribution in [2.75, 3.05) is 26.7 Å². The Morgan fingerprint density at radius 3 is 2.71 bits per heavy atom. The van der Waals surface area contributed by atoms with Gasteiger partial charge in [0.2, 0.25) is 0 Å². The number of likely N-dealkylation sites (tertiary alicyclic amines) is 1. The van der Waals surface area contributed by atoms with Crippen molar-refractivity contribution in [3.05, 3.63) is 0 Å². The van der Waals surface area contributed by atoms with Gasteiger partial charge in [0.1, 0.15) is 0 Å². The smallest absolute Gasteiger partial charge is 0.312 e. The molecular formula is C10H20N2O2. The number of hydrogen-bond donors (Lipinski definition) is 1. The van der Waals surface area contributed by atoms with Crippen molar-refractivity contribution in [1.82, 2.24) is 4.90 Å². The van der Waals surface area contributed by atoms with E-state index in [9.17, 15) is 4.79 Å². The van der Waals surface area contributed by atoms with Crippen molar-refractivity contribution in [1.29, 1.82) is 0 Å². The molecule has 14 heavy (non-hydrogen) atoms. The number of esters is 1. The summed E-state index contributed by atoms with van der Waals surface area (Å²) >= 11 is 0. The number of ether oxygens (including phenoxy) is 1. The van der Waals surface area contributed by atoms with E-state index >= 15 is 0 Å². The maximum absolute atomic E-state index is 11.4. The third-order valence-electron chi connectivity index (χ3n) is 2.67. The van der Waals surface area contributed by atoms with Gasteiger partial charge in [0, 0.05) is 19.1 Å². The summed E-state index contributed by atoms with van der Waals surface area (Å²) < 4.78 is 4.76. The molecule has 0 aromatic heterocycles. The lowest BCUT2D eigenvalue weighted by atomic mass is 9.93. The first-order chi connectivity index (χ1) is 6.45. The Kier molecular flexibility index (Phi) is 3.50. The van der Waals surface area contributed by atoms with Gasteiger partial charge in [-0.25, -0.2) is 0 Å². The largest absolute Gasteiger partial charge is 0.469 e. The molecule has 1 aliphatic rings. The fourth-order valence-electron chi connectivity index (χ4n) is 1.91. The second-order valence-electron chi connectivity index (χ2n) is 4.66. The summed E-state index contributed by atoms with van der Waals surface area (Å²) in [5.41, 5.74) is 5.36. The van der Waals surface area contributed by atoms with Crippen LogP contribution < -0.4 is 5.73 Å². The topological polar surface area (TPSA) is 55.6 Å². The molecule has 82 valence electrons. The molecule has 2 N–H and O–H groups in total. The Morgan fingerprint density at radius 2 is 2.29 bits per heavy atom. The summed E-state index contributed by atoms with van der Waals surface area (Å²) in [6.45, 7) is 6.42. The first-order valence-electron chi connectivity index (χ1n) is 5.02. The van der Waals surface area contributed by atoms with Crippen LogP contribution in [0.15, 0.2) is 0 Å². The minimum absolute atomic E-state index is 0.155. The highest BCUT2D eigenvalue weighted by molar-refractivity contribution is 5.76. The van der Waals surface area contributed by atoms with E-state index in [1.54, 1.807) is 0 Å². The van der Waals surface area contributed by atoms with Crippen LogP contribution in [0.5, 0.6) is 0 Å². The number of methoxy groups -OCH3 is 1. The van der Waals surface area contributed by atoms with Crippen LogP contribution in [-0.4, -0.2) is 43.7 Å². The van der Waals surface area contributed by atoms with E-state index in [-0.39, 0.29) is 12.0 Å². The minimum atomic E-state index is -0.432. The summed E-state index contributed by atoms with van der Waals surface area (Å²) in [5, 5.41) is 0. The Balaban J connectivity index is 2.46. The normalized spacial score (nSPS) is 23.9. The van der Waals surface area contributed by atoms with E-state index in [2.05, 4.69) is 4.90 Å². The molecule has 0 aromatic carbocycles. The molecule has 0 aliphatic carbocycles. The second kappa shape index (κ2) is 4.28. The van der Waals surface area contributed by atoms with Crippen molar-refractivity contribution in [3.8, 4) is 0 Å². The molecule has 0 spiro atoms. The fourth-order valence-corrected chi connectivity index (χ4v) is 1.91. The first kappa shape index (κ1) is 11.5. The van der Waals surface area contributed by atoms with E-state index in [0.717, 1.165) is 26.1 Å². The van der Waals surface area contributed by atoms with Gasteiger partial charge in [0.25, 0.3) is 0 Å². The van der Waals surface area contributed by atoms with Gasteiger partial charge >= 0.3 is 5.97 Å². The molecule has 4 heteroatoms. The summed E-state index contributed by atoms with van der Waals surface area (Å²) in [5.74, 6) is -0.155. The molecule has 0 aromatic rings. The molecule has 1 aliphatic heterocycles.